The largest absolute Gasteiger partial charge is 0.391 e. The molecule has 1 aliphatic rings. The van der Waals surface area contributed by atoms with E-state index in [1.54, 1.807) is 0 Å². The molecule has 1 fully saturated rings. The van der Waals surface area contributed by atoms with Crippen LogP contribution in [-0.2, 0) is 4.79 Å². The molecule has 0 saturated heterocycles. The Morgan fingerprint density at radius 2 is 2.09 bits per heavy atom. The van der Waals surface area contributed by atoms with Crippen molar-refractivity contribution < 1.29 is 9.90 Å². The normalized spacial score (nSPS) is 31.5. The zero-order chi connectivity index (χ0) is 8.27. The molecule has 2 atom stereocenters. The van der Waals surface area contributed by atoms with Crippen molar-refractivity contribution in [3.63, 3.8) is 0 Å². The van der Waals surface area contributed by atoms with Gasteiger partial charge >= 0.3 is 0 Å². The molecule has 0 aliphatic heterocycles. The molecule has 0 aromatic carbocycles. The van der Waals surface area contributed by atoms with Crippen molar-refractivity contribution >= 4 is 5.91 Å². The van der Waals surface area contributed by atoms with Crippen molar-refractivity contribution in [3.05, 3.63) is 0 Å². The fourth-order valence-corrected chi connectivity index (χ4v) is 1.54. The lowest BCUT2D eigenvalue weighted by molar-refractivity contribution is -0.120. The highest BCUT2D eigenvalue weighted by Gasteiger charge is 2.22. The van der Waals surface area contributed by atoms with Gasteiger partial charge < -0.3 is 10.4 Å². The molecule has 1 saturated carbocycles. The maximum absolute atomic E-state index is 10.6. The molecule has 0 aromatic heterocycles. The van der Waals surface area contributed by atoms with Crippen LogP contribution in [0.5, 0.6) is 0 Å². The molecule has 0 aromatic rings. The summed E-state index contributed by atoms with van der Waals surface area (Å²) >= 11 is 0. The molecule has 0 bridgehead atoms. The van der Waals surface area contributed by atoms with Crippen LogP contribution in [0.2, 0.25) is 0 Å². The summed E-state index contributed by atoms with van der Waals surface area (Å²) in [6.07, 6.45) is 3.61. The summed E-state index contributed by atoms with van der Waals surface area (Å²) in [5, 5.41) is 12.1. The summed E-state index contributed by atoms with van der Waals surface area (Å²) in [5.41, 5.74) is 0. The third-order valence-corrected chi connectivity index (χ3v) is 2.12. The van der Waals surface area contributed by atoms with Crippen LogP contribution in [0.3, 0.4) is 0 Å². The fraction of sp³-hybridized carbons (Fsp3) is 0.875. The Labute approximate surface area is 66.8 Å². The summed E-state index contributed by atoms with van der Waals surface area (Å²) < 4.78 is 0. The number of carbonyl (C=O) groups excluding carboxylic acids is 1. The second-order valence-corrected chi connectivity index (χ2v) is 3.16. The number of amides is 1. The van der Waals surface area contributed by atoms with Crippen molar-refractivity contribution in [1.29, 1.82) is 0 Å². The summed E-state index contributed by atoms with van der Waals surface area (Å²) in [5.74, 6) is -0.0454. The summed E-state index contributed by atoms with van der Waals surface area (Å²) in [6.45, 7) is 1.49. The molecule has 0 heterocycles. The summed E-state index contributed by atoms with van der Waals surface area (Å²) in [6, 6.07) is 0.00116. The summed E-state index contributed by atoms with van der Waals surface area (Å²) in [4.78, 5) is 10.6. The van der Waals surface area contributed by atoms with E-state index in [1.165, 1.54) is 6.92 Å². The molecule has 2 unspecified atom stereocenters. The van der Waals surface area contributed by atoms with Crippen LogP contribution in [0.25, 0.3) is 0 Å². The molecule has 64 valence electrons. The number of aliphatic hydroxyl groups is 1. The molecule has 0 spiro atoms. The van der Waals surface area contributed by atoms with E-state index >= 15 is 0 Å². The molecule has 11 heavy (non-hydrogen) atoms. The zero-order valence-electron chi connectivity index (χ0n) is 6.84. The van der Waals surface area contributed by atoms with E-state index in [0.717, 1.165) is 25.7 Å². The maximum atomic E-state index is 10.6. The van der Waals surface area contributed by atoms with E-state index in [1.807, 2.05) is 0 Å². The lowest BCUT2D eigenvalue weighted by Crippen LogP contribution is -2.44. The number of carbonyl (C=O) groups is 1. The third-order valence-electron chi connectivity index (χ3n) is 2.12. The van der Waals surface area contributed by atoms with Gasteiger partial charge in [0.2, 0.25) is 5.91 Å². The first kappa shape index (κ1) is 8.53. The van der Waals surface area contributed by atoms with E-state index in [0.29, 0.717) is 0 Å². The molecular formula is C8H15NO2. The average Bonchev–Trinajstić information content (AvgIpc) is 1.93. The van der Waals surface area contributed by atoms with Gasteiger partial charge in [0.25, 0.3) is 0 Å². The summed E-state index contributed by atoms with van der Waals surface area (Å²) in [7, 11) is 0. The van der Waals surface area contributed by atoms with Crippen LogP contribution < -0.4 is 5.32 Å². The molecule has 3 nitrogen and oxygen atoms in total. The highest BCUT2D eigenvalue weighted by atomic mass is 16.3. The van der Waals surface area contributed by atoms with Crippen LogP contribution in [0, 0.1) is 0 Å². The monoisotopic (exact) mass is 157 g/mol. The second kappa shape index (κ2) is 3.72. The SMILES string of the molecule is CC(=O)NC1CCCCC1O. The first-order valence-electron chi connectivity index (χ1n) is 4.15. The van der Waals surface area contributed by atoms with Gasteiger partial charge in [0.15, 0.2) is 0 Å². The first-order valence-corrected chi connectivity index (χ1v) is 4.15. The Morgan fingerprint density at radius 3 is 2.64 bits per heavy atom. The Bertz CT molecular complexity index is 147. The van der Waals surface area contributed by atoms with Gasteiger partial charge in [-0.1, -0.05) is 12.8 Å². The van der Waals surface area contributed by atoms with E-state index in [4.69, 9.17) is 0 Å². The fourth-order valence-electron chi connectivity index (χ4n) is 1.54. The molecule has 1 rings (SSSR count). The molecule has 2 N–H and O–H groups in total. The average molecular weight is 157 g/mol. The third kappa shape index (κ3) is 2.50. The minimum atomic E-state index is -0.326. The van der Waals surface area contributed by atoms with Gasteiger partial charge in [-0.15, -0.1) is 0 Å². The minimum absolute atomic E-state index is 0.00116. The Balaban J connectivity index is 2.35. The van der Waals surface area contributed by atoms with E-state index in [2.05, 4.69) is 5.32 Å². The number of nitrogens with one attached hydrogen (secondary N) is 1. The molecule has 3 heteroatoms. The van der Waals surface area contributed by atoms with Crippen LogP contribution in [0.4, 0.5) is 0 Å². The van der Waals surface area contributed by atoms with Crippen molar-refractivity contribution in [2.75, 3.05) is 0 Å². The number of aliphatic hydroxyl groups excluding tert-OH is 1. The van der Waals surface area contributed by atoms with Gasteiger partial charge in [0, 0.05) is 6.92 Å². The van der Waals surface area contributed by atoms with Crippen molar-refractivity contribution in [2.45, 2.75) is 44.8 Å². The highest BCUT2D eigenvalue weighted by molar-refractivity contribution is 5.73. The first-order chi connectivity index (χ1) is 5.20. The predicted molar refractivity (Wildman–Crippen MR) is 42.1 cm³/mol. The van der Waals surface area contributed by atoms with Gasteiger partial charge in [0.1, 0.15) is 0 Å². The van der Waals surface area contributed by atoms with Crippen molar-refractivity contribution in [3.8, 4) is 0 Å². The van der Waals surface area contributed by atoms with Crippen molar-refractivity contribution in [2.24, 2.45) is 0 Å². The van der Waals surface area contributed by atoms with Gasteiger partial charge in [-0.2, -0.15) is 0 Å². The van der Waals surface area contributed by atoms with Crippen LogP contribution >= 0.6 is 0 Å². The van der Waals surface area contributed by atoms with Crippen LogP contribution in [0.1, 0.15) is 32.6 Å². The van der Waals surface area contributed by atoms with Gasteiger partial charge in [-0.3, -0.25) is 4.79 Å². The Morgan fingerprint density at radius 1 is 1.45 bits per heavy atom. The Hall–Kier alpha value is -0.570. The molecule has 1 amide bonds. The van der Waals surface area contributed by atoms with Gasteiger partial charge in [-0.05, 0) is 12.8 Å². The zero-order valence-corrected chi connectivity index (χ0v) is 6.84. The standard InChI is InChI=1S/C8H15NO2/c1-6(10)9-7-4-2-3-5-8(7)11/h7-8,11H,2-5H2,1H3,(H,9,10). The topological polar surface area (TPSA) is 49.3 Å². The predicted octanol–water partition coefficient (Wildman–Crippen LogP) is 0.426. The van der Waals surface area contributed by atoms with E-state index in [-0.39, 0.29) is 18.1 Å². The van der Waals surface area contributed by atoms with Gasteiger partial charge in [-0.25, -0.2) is 0 Å². The number of rotatable bonds is 1. The quantitative estimate of drug-likeness (QED) is 0.579. The van der Waals surface area contributed by atoms with E-state index < -0.39 is 0 Å². The molecule has 0 radical (unpaired) electrons. The smallest absolute Gasteiger partial charge is 0.217 e. The van der Waals surface area contributed by atoms with Crippen LogP contribution in [0.15, 0.2) is 0 Å². The van der Waals surface area contributed by atoms with Crippen LogP contribution in [-0.4, -0.2) is 23.2 Å². The number of hydrogen-bond acceptors (Lipinski definition) is 2. The lowest BCUT2D eigenvalue weighted by Gasteiger charge is -2.27. The maximum Gasteiger partial charge on any atom is 0.217 e. The van der Waals surface area contributed by atoms with E-state index in [9.17, 15) is 9.90 Å². The lowest BCUT2D eigenvalue weighted by atomic mass is 9.93. The van der Waals surface area contributed by atoms with Gasteiger partial charge in [0.05, 0.1) is 12.1 Å². The second-order valence-electron chi connectivity index (χ2n) is 3.16. The number of hydrogen-bond donors (Lipinski definition) is 2. The highest BCUT2D eigenvalue weighted by Crippen LogP contribution is 2.17. The van der Waals surface area contributed by atoms with Crippen molar-refractivity contribution in [1.82, 2.24) is 5.32 Å². The Kier molecular flexibility index (Phi) is 2.88. The minimum Gasteiger partial charge on any atom is -0.391 e. The molecular weight excluding hydrogens is 142 g/mol. The molecule has 1 aliphatic carbocycles.